The number of likely N-dealkylation sites (tertiary alicyclic amines) is 2. The predicted molar refractivity (Wildman–Crippen MR) is 188 cm³/mol. The second-order valence-corrected chi connectivity index (χ2v) is 14.2. The highest BCUT2D eigenvalue weighted by Gasteiger charge is 2.33. The van der Waals surface area contributed by atoms with Crippen LogP contribution in [0.4, 0.5) is 0 Å². The maximum atomic E-state index is 14.1. The van der Waals surface area contributed by atoms with Crippen molar-refractivity contribution >= 4 is 33.6 Å². The number of nitrogens with zero attached hydrogens (tertiary/aromatic N) is 5. The van der Waals surface area contributed by atoms with Gasteiger partial charge in [-0.1, -0.05) is 24.3 Å². The zero-order chi connectivity index (χ0) is 33.2. The molecule has 3 saturated heterocycles. The van der Waals surface area contributed by atoms with Crippen molar-refractivity contribution in [3.8, 4) is 0 Å². The summed E-state index contributed by atoms with van der Waals surface area (Å²) in [6.45, 7) is 9.06. The van der Waals surface area contributed by atoms with Crippen LogP contribution < -0.4 is 10.9 Å². The van der Waals surface area contributed by atoms with E-state index < -0.39 is 6.04 Å². The van der Waals surface area contributed by atoms with E-state index in [4.69, 9.17) is 0 Å². The quantitative estimate of drug-likeness (QED) is 0.268. The first-order valence-electron chi connectivity index (χ1n) is 17.6. The molecule has 1 atom stereocenters. The Kier molecular flexibility index (Phi) is 9.61. The van der Waals surface area contributed by atoms with Crippen LogP contribution in [-0.4, -0.2) is 125 Å². The van der Waals surface area contributed by atoms with Crippen LogP contribution in [0.1, 0.15) is 48.3 Å². The number of rotatable bonds is 8. The highest BCUT2D eigenvalue weighted by Crippen LogP contribution is 2.27. The third-order valence-electron chi connectivity index (χ3n) is 10.9. The van der Waals surface area contributed by atoms with Crippen LogP contribution in [0.5, 0.6) is 0 Å². The molecule has 2 amide bonds. The van der Waals surface area contributed by atoms with E-state index in [1.54, 1.807) is 6.20 Å². The Morgan fingerprint density at radius 3 is 2.46 bits per heavy atom. The van der Waals surface area contributed by atoms with E-state index in [9.17, 15) is 14.4 Å². The molecule has 0 bridgehead atoms. The molecule has 7 rings (SSSR count). The van der Waals surface area contributed by atoms with Crippen LogP contribution in [0.3, 0.4) is 0 Å². The number of para-hydroxylation sites is 1. The van der Waals surface area contributed by atoms with Crippen LogP contribution in [0, 0.1) is 6.92 Å². The highest BCUT2D eigenvalue weighted by molar-refractivity contribution is 5.89. The van der Waals surface area contributed by atoms with Gasteiger partial charge in [-0.15, -0.1) is 0 Å². The minimum Gasteiger partial charge on any atom is -0.343 e. The average molecular weight is 653 g/mol. The monoisotopic (exact) mass is 652 g/mol. The lowest BCUT2D eigenvalue weighted by Gasteiger charge is -2.42. The van der Waals surface area contributed by atoms with Crippen molar-refractivity contribution in [3.63, 3.8) is 0 Å². The minimum atomic E-state index is -0.648. The Bertz CT molecular complexity index is 1810. The van der Waals surface area contributed by atoms with Crippen molar-refractivity contribution in [2.45, 2.75) is 57.0 Å². The zero-order valence-corrected chi connectivity index (χ0v) is 28.2. The van der Waals surface area contributed by atoms with Gasteiger partial charge in [0.05, 0.1) is 18.3 Å². The lowest BCUT2D eigenvalue weighted by atomic mass is 9.89. The smallest absolute Gasteiger partial charge is 0.251 e. The summed E-state index contributed by atoms with van der Waals surface area (Å²) in [6.07, 6.45) is 6.20. The summed E-state index contributed by atoms with van der Waals surface area (Å²) in [5.74, 6) is 0.00763. The van der Waals surface area contributed by atoms with Crippen LogP contribution >= 0.6 is 0 Å². The SMILES string of the molecule is Cc1cc(C[C@@H](NC(=O)CN2CCC(c3cc4ccccc4[nH]c3=O)CC2)C(=O)N2CCN(C3CCN(C)CC3)CC2)cc2cn[nH]c12. The van der Waals surface area contributed by atoms with Crippen LogP contribution in [0.15, 0.2) is 53.5 Å². The fourth-order valence-corrected chi connectivity index (χ4v) is 8.07. The number of benzene rings is 2. The molecule has 5 heterocycles. The Morgan fingerprint density at radius 2 is 1.69 bits per heavy atom. The molecule has 0 saturated carbocycles. The second-order valence-electron chi connectivity index (χ2n) is 14.2. The lowest BCUT2D eigenvalue weighted by molar-refractivity contribution is -0.138. The molecule has 3 aliphatic rings. The van der Waals surface area contributed by atoms with Gasteiger partial charge in [-0.2, -0.15) is 5.10 Å². The van der Waals surface area contributed by atoms with Crippen LogP contribution in [0.2, 0.25) is 0 Å². The number of aryl methyl sites for hydroxylation is 1. The molecule has 11 heteroatoms. The van der Waals surface area contributed by atoms with Gasteiger partial charge in [0.25, 0.3) is 5.56 Å². The summed E-state index contributed by atoms with van der Waals surface area (Å²) < 4.78 is 0. The van der Waals surface area contributed by atoms with Gasteiger partial charge in [0, 0.05) is 55.1 Å². The van der Waals surface area contributed by atoms with Crippen molar-refractivity contribution in [1.29, 1.82) is 0 Å². The number of H-pyrrole nitrogens is 2. The number of aromatic nitrogens is 3. The fourth-order valence-electron chi connectivity index (χ4n) is 8.07. The van der Waals surface area contributed by atoms with Gasteiger partial charge < -0.3 is 20.1 Å². The molecule has 48 heavy (non-hydrogen) atoms. The molecule has 2 aromatic carbocycles. The number of aromatic amines is 2. The number of hydrogen-bond acceptors (Lipinski definition) is 7. The van der Waals surface area contributed by atoms with Crippen molar-refractivity contribution in [2.75, 3.05) is 66.0 Å². The molecular formula is C37H48N8O3. The van der Waals surface area contributed by atoms with Gasteiger partial charge in [0.15, 0.2) is 0 Å². The van der Waals surface area contributed by atoms with E-state index in [0.717, 1.165) is 90.6 Å². The minimum absolute atomic E-state index is 0.00874. The number of piperidine rings is 2. The first-order chi connectivity index (χ1) is 23.3. The summed E-state index contributed by atoms with van der Waals surface area (Å²) in [4.78, 5) is 52.6. The molecule has 2 aromatic heterocycles. The Hall–Kier alpha value is -4.06. The normalized spacial score (nSPS) is 20.0. The lowest BCUT2D eigenvalue weighted by Crippen LogP contribution is -2.58. The number of carbonyl (C=O) groups excluding carboxylic acids is 2. The maximum absolute atomic E-state index is 14.1. The van der Waals surface area contributed by atoms with Gasteiger partial charge in [0.1, 0.15) is 6.04 Å². The van der Waals surface area contributed by atoms with E-state index in [1.165, 1.54) is 12.8 Å². The Morgan fingerprint density at radius 1 is 0.938 bits per heavy atom. The largest absolute Gasteiger partial charge is 0.343 e. The zero-order valence-electron chi connectivity index (χ0n) is 28.2. The standard InChI is InChI=1S/C37H48N8O3/c1-25-19-26(20-29-23-38-41-35(25)29)21-33(37(48)45-17-15-44(16-18-45)30-9-11-42(2)12-10-30)39-34(46)24-43-13-7-27(8-14-43)31-22-28-5-3-4-6-32(28)40-36(31)47/h3-6,19-20,22-23,27,30,33H,7-18,21,24H2,1-2H3,(H,38,41)(H,39,46)(H,40,47)/t33-/m1/s1. The third kappa shape index (κ3) is 7.18. The number of pyridine rings is 1. The number of hydrogen-bond donors (Lipinski definition) is 3. The molecule has 0 unspecified atom stereocenters. The molecule has 11 nitrogen and oxygen atoms in total. The average Bonchev–Trinajstić information content (AvgIpc) is 3.58. The number of carbonyl (C=O) groups is 2. The van der Waals surface area contributed by atoms with E-state index in [-0.39, 0.29) is 29.8 Å². The van der Waals surface area contributed by atoms with Crippen LogP contribution in [-0.2, 0) is 16.0 Å². The maximum Gasteiger partial charge on any atom is 0.251 e. The predicted octanol–water partition coefficient (Wildman–Crippen LogP) is 2.86. The van der Waals surface area contributed by atoms with Crippen molar-refractivity contribution in [2.24, 2.45) is 0 Å². The van der Waals surface area contributed by atoms with Gasteiger partial charge >= 0.3 is 0 Å². The highest BCUT2D eigenvalue weighted by atomic mass is 16.2. The molecule has 4 aromatic rings. The van der Waals surface area contributed by atoms with Gasteiger partial charge in [-0.05, 0) is 106 Å². The van der Waals surface area contributed by atoms with Gasteiger partial charge in [0.2, 0.25) is 11.8 Å². The first kappa shape index (κ1) is 32.5. The first-order valence-corrected chi connectivity index (χ1v) is 17.6. The summed E-state index contributed by atoms with van der Waals surface area (Å²) >= 11 is 0. The summed E-state index contributed by atoms with van der Waals surface area (Å²) in [6, 6.07) is 14.0. The molecule has 254 valence electrons. The van der Waals surface area contributed by atoms with Crippen molar-refractivity contribution < 1.29 is 9.59 Å². The van der Waals surface area contributed by atoms with E-state index in [1.807, 2.05) is 42.2 Å². The number of amides is 2. The Balaban J connectivity index is 0.993. The molecule has 0 spiro atoms. The van der Waals surface area contributed by atoms with E-state index >= 15 is 0 Å². The summed E-state index contributed by atoms with van der Waals surface area (Å²) in [5, 5.41) is 12.4. The number of piperazine rings is 1. The fraction of sp³-hybridized carbons (Fsp3) is 0.514. The van der Waals surface area contributed by atoms with E-state index in [2.05, 4.69) is 54.4 Å². The summed E-state index contributed by atoms with van der Waals surface area (Å²) in [5.41, 5.74) is 4.71. The van der Waals surface area contributed by atoms with Crippen molar-refractivity contribution in [1.82, 2.24) is 40.1 Å². The number of nitrogens with one attached hydrogen (secondary N) is 3. The molecule has 0 aliphatic carbocycles. The second kappa shape index (κ2) is 14.2. The van der Waals surface area contributed by atoms with Crippen LogP contribution in [0.25, 0.3) is 21.8 Å². The topological polar surface area (TPSA) is 121 Å². The van der Waals surface area contributed by atoms with Gasteiger partial charge in [-0.3, -0.25) is 29.3 Å². The molecular weight excluding hydrogens is 604 g/mol. The third-order valence-corrected chi connectivity index (χ3v) is 10.9. The van der Waals surface area contributed by atoms with E-state index in [0.29, 0.717) is 25.6 Å². The van der Waals surface area contributed by atoms with Gasteiger partial charge in [-0.25, -0.2) is 0 Å². The Labute approximate surface area is 281 Å². The molecule has 3 N–H and O–H groups in total. The number of fused-ring (bicyclic) bond motifs is 2. The molecule has 3 fully saturated rings. The van der Waals surface area contributed by atoms with Crippen molar-refractivity contribution in [3.05, 3.63) is 75.7 Å². The molecule has 0 radical (unpaired) electrons. The summed E-state index contributed by atoms with van der Waals surface area (Å²) in [7, 11) is 2.18. The molecule has 3 aliphatic heterocycles.